The maximum atomic E-state index is 13.9. The largest absolute Gasteiger partial charge is 0.360 e. The highest BCUT2D eigenvalue weighted by atomic mass is 79.9. The molecule has 0 bridgehead atoms. The Morgan fingerprint density at radius 1 is 1.20 bits per heavy atom. The number of hydrogen-bond acceptors (Lipinski definition) is 1. The van der Waals surface area contributed by atoms with Gasteiger partial charge < -0.3 is 4.98 Å². The van der Waals surface area contributed by atoms with E-state index in [0.29, 0.717) is 5.56 Å². The van der Waals surface area contributed by atoms with Gasteiger partial charge in [-0.3, -0.25) is 4.79 Å². The summed E-state index contributed by atoms with van der Waals surface area (Å²) < 4.78 is 14.8. The summed E-state index contributed by atoms with van der Waals surface area (Å²) >= 11 is 9.08. The lowest BCUT2D eigenvalue weighted by molar-refractivity contribution is 0.103. The predicted molar refractivity (Wildman–Crippen MR) is 80.8 cm³/mol. The molecule has 0 spiro atoms. The van der Waals surface area contributed by atoms with Gasteiger partial charge in [-0.25, -0.2) is 4.39 Å². The monoisotopic (exact) mass is 351 g/mol. The van der Waals surface area contributed by atoms with E-state index in [1.54, 1.807) is 12.3 Å². The van der Waals surface area contributed by atoms with Gasteiger partial charge in [0.05, 0.1) is 10.6 Å². The Hall–Kier alpha value is -1.65. The van der Waals surface area contributed by atoms with Gasteiger partial charge in [0.25, 0.3) is 0 Å². The fraction of sp³-hybridized carbons (Fsp3) is 0. The van der Waals surface area contributed by atoms with Crippen molar-refractivity contribution in [3.63, 3.8) is 0 Å². The second-order valence-corrected chi connectivity index (χ2v) is 5.65. The highest BCUT2D eigenvalue weighted by Crippen LogP contribution is 2.26. The quantitative estimate of drug-likeness (QED) is 0.650. The topological polar surface area (TPSA) is 32.9 Å². The lowest BCUT2D eigenvalue weighted by atomic mass is 10.0. The zero-order valence-corrected chi connectivity index (χ0v) is 12.4. The number of hydrogen-bond donors (Lipinski definition) is 1. The third-order valence-corrected chi connectivity index (χ3v) is 3.87. The third kappa shape index (κ3) is 2.15. The molecule has 0 saturated carbocycles. The molecule has 0 aliphatic heterocycles. The first-order chi connectivity index (χ1) is 9.58. The van der Waals surface area contributed by atoms with Crippen molar-refractivity contribution < 1.29 is 9.18 Å². The van der Waals surface area contributed by atoms with Crippen molar-refractivity contribution >= 4 is 44.2 Å². The van der Waals surface area contributed by atoms with Crippen molar-refractivity contribution in [2.24, 2.45) is 0 Å². The summed E-state index contributed by atoms with van der Waals surface area (Å²) in [6, 6.07) is 9.92. The van der Waals surface area contributed by atoms with Crippen molar-refractivity contribution in [1.82, 2.24) is 4.98 Å². The minimum atomic E-state index is -0.689. The van der Waals surface area contributed by atoms with Crippen molar-refractivity contribution in [2.45, 2.75) is 0 Å². The molecule has 2 nitrogen and oxygen atoms in total. The molecule has 0 radical (unpaired) electrons. The number of nitrogens with one attached hydrogen (secondary N) is 1. The smallest absolute Gasteiger partial charge is 0.198 e. The first-order valence-electron chi connectivity index (χ1n) is 5.83. The molecule has 3 aromatic rings. The molecule has 1 aromatic heterocycles. The Balaban J connectivity index is 2.16. The van der Waals surface area contributed by atoms with Gasteiger partial charge >= 0.3 is 0 Å². The second kappa shape index (κ2) is 5.04. The molecule has 0 aliphatic carbocycles. The summed E-state index contributed by atoms with van der Waals surface area (Å²) in [6.45, 7) is 0. The minimum absolute atomic E-state index is 0.0266. The van der Waals surface area contributed by atoms with E-state index < -0.39 is 11.6 Å². The van der Waals surface area contributed by atoms with Crippen LogP contribution in [-0.2, 0) is 0 Å². The zero-order valence-electron chi connectivity index (χ0n) is 10.1. The highest BCUT2D eigenvalue weighted by molar-refractivity contribution is 9.10. The summed E-state index contributed by atoms with van der Waals surface area (Å²) in [5.41, 5.74) is 1.21. The van der Waals surface area contributed by atoms with Gasteiger partial charge in [-0.15, -0.1) is 0 Å². The van der Waals surface area contributed by atoms with Crippen LogP contribution in [0.4, 0.5) is 4.39 Å². The predicted octanol–water partition coefficient (Wildman–Crippen LogP) is 4.95. The van der Waals surface area contributed by atoms with Gasteiger partial charge in [0, 0.05) is 27.1 Å². The number of benzene rings is 2. The number of aromatic nitrogens is 1. The van der Waals surface area contributed by atoms with E-state index >= 15 is 0 Å². The molecule has 5 heteroatoms. The number of ketones is 1. The van der Waals surface area contributed by atoms with E-state index in [4.69, 9.17) is 11.6 Å². The second-order valence-electron chi connectivity index (χ2n) is 4.32. The van der Waals surface area contributed by atoms with E-state index in [-0.39, 0.29) is 10.6 Å². The van der Waals surface area contributed by atoms with Crippen LogP contribution >= 0.6 is 27.5 Å². The SMILES string of the molecule is O=C(c1cccc(Cl)c1F)c1c[nH]c2cc(Br)ccc12. The first kappa shape index (κ1) is 13.3. The summed E-state index contributed by atoms with van der Waals surface area (Å²) in [4.78, 5) is 15.5. The van der Waals surface area contributed by atoms with E-state index in [1.807, 2.05) is 18.2 Å². The average Bonchev–Trinajstić information content (AvgIpc) is 2.84. The maximum absolute atomic E-state index is 13.9. The van der Waals surface area contributed by atoms with Gasteiger partial charge in [0.2, 0.25) is 0 Å². The Morgan fingerprint density at radius 3 is 2.80 bits per heavy atom. The number of halogens is 3. The molecule has 20 heavy (non-hydrogen) atoms. The minimum Gasteiger partial charge on any atom is -0.360 e. The summed E-state index contributed by atoms with van der Waals surface area (Å²) in [6.07, 6.45) is 1.58. The normalized spacial score (nSPS) is 10.9. The number of aromatic amines is 1. The van der Waals surface area contributed by atoms with Crippen LogP contribution in [0.1, 0.15) is 15.9 Å². The molecule has 100 valence electrons. The summed E-state index contributed by atoms with van der Waals surface area (Å²) in [7, 11) is 0. The lowest BCUT2D eigenvalue weighted by Crippen LogP contribution is -2.03. The van der Waals surface area contributed by atoms with Gasteiger partial charge in [0.15, 0.2) is 11.6 Å². The van der Waals surface area contributed by atoms with Crippen molar-refractivity contribution in [3.8, 4) is 0 Å². The van der Waals surface area contributed by atoms with Gasteiger partial charge in [-0.1, -0.05) is 39.7 Å². The molecule has 0 amide bonds. The molecular weight excluding hydrogens is 345 g/mol. The molecule has 0 atom stereocenters. The fourth-order valence-corrected chi connectivity index (χ4v) is 2.65. The molecule has 0 unspecified atom stereocenters. The first-order valence-corrected chi connectivity index (χ1v) is 7.00. The molecule has 3 rings (SSSR count). The number of carbonyl (C=O) groups excluding carboxylic acids is 1. The average molecular weight is 353 g/mol. The molecule has 1 heterocycles. The van der Waals surface area contributed by atoms with Crippen LogP contribution in [0, 0.1) is 5.82 Å². The molecule has 0 saturated heterocycles. The van der Waals surface area contributed by atoms with E-state index in [0.717, 1.165) is 15.4 Å². The number of H-pyrrole nitrogens is 1. The van der Waals surface area contributed by atoms with Crippen LogP contribution in [0.15, 0.2) is 47.1 Å². The van der Waals surface area contributed by atoms with Crippen LogP contribution < -0.4 is 0 Å². The van der Waals surface area contributed by atoms with E-state index in [2.05, 4.69) is 20.9 Å². The Bertz CT molecular complexity index is 828. The van der Waals surface area contributed by atoms with Gasteiger partial charge in [0.1, 0.15) is 0 Å². The van der Waals surface area contributed by atoms with Crippen LogP contribution in [0.2, 0.25) is 5.02 Å². The van der Waals surface area contributed by atoms with Crippen molar-refractivity contribution in [3.05, 3.63) is 69.0 Å². The van der Waals surface area contributed by atoms with Crippen LogP contribution in [0.3, 0.4) is 0 Å². The molecule has 0 aliphatic rings. The van der Waals surface area contributed by atoms with Gasteiger partial charge in [-0.05, 0) is 24.3 Å². The fourth-order valence-electron chi connectivity index (χ4n) is 2.11. The van der Waals surface area contributed by atoms with E-state index in [9.17, 15) is 9.18 Å². The lowest BCUT2D eigenvalue weighted by Gasteiger charge is -2.03. The Morgan fingerprint density at radius 2 is 2.00 bits per heavy atom. The van der Waals surface area contributed by atoms with Crippen molar-refractivity contribution in [1.29, 1.82) is 0 Å². The zero-order chi connectivity index (χ0) is 14.3. The number of rotatable bonds is 2. The summed E-state index contributed by atoms with van der Waals surface area (Å²) in [5, 5.41) is 0.691. The van der Waals surface area contributed by atoms with Gasteiger partial charge in [-0.2, -0.15) is 0 Å². The third-order valence-electron chi connectivity index (χ3n) is 3.08. The number of fused-ring (bicyclic) bond motifs is 1. The van der Waals surface area contributed by atoms with Crippen LogP contribution in [-0.4, -0.2) is 10.8 Å². The highest BCUT2D eigenvalue weighted by Gasteiger charge is 2.19. The molecule has 1 N–H and O–H groups in total. The standard InChI is InChI=1S/C15H8BrClFNO/c16-8-4-5-9-11(7-19-13(9)6-8)15(20)10-2-1-3-12(17)14(10)18/h1-7,19H. The van der Waals surface area contributed by atoms with Crippen LogP contribution in [0.25, 0.3) is 10.9 Å². The molecule has 0 fully saturated rings. The Labute approximate surface area is 127 Å². The van der Waals surface area contributed by atoms with E-state index in [1.165, 1.54) is 12.1 Å². The van der Waals surface area contributed by atoms with Crippen LogP contribution in [0.5, 0.6) is 0 Å². The molecular formula is C15H8BrClFNO. The van der Waals surface area contributed by atoms with Crippen molar-refractivity contribution in [2.75, 3.05) is 0 Å². The summed E-state index contributed by atoms with van der Waals surface area (Å²) in [5.74, 6) is -1.08. The Kier molecular flexibility index (Phi) is 3.36. The maximum Gasteiger partial charge on any atom is 0.198 e. The molecule has 2 aromatic carbocycles. The number of carbonyl (C=O) groups is 1.